The maximum atomic E-state index is 9.07. The summed E-state index contributed by atoms with van der Waals surface area (Å²) in [4.78, 5) is 0. The van der Waals surface area contributed by atoms with E-state index in [2.05, 4.69) is 6.07 Å². The van der Waals surface area contributed by atoms with Gasteiger partial charge >= 0.3 is 0 Å². The zero-order valence-corrected chi connectivity index (χ0v) is 5.60. The molecule has 0 aliphatic carbocycles. The van der Waals surface area contributed by atoms with E-state index < -0.39 is 0 Å². The lowest BCUT2D eigenvalue weighted by atomic mass is 10.1. The predicted octanol–water partition coefficient (Wildman–Crippen LogP) is 1.81. The van der Waals surface area contributed by atoms with E-state index in [1.165, 1.54) is 0 Å². The van der Waals surface area contributed by atoms with Crippen LogP contribution in [-0.4, -0.2) is 5.11 Å². The summed E-state index contributed by atoms with van der Waals surface area (Å²) in [5, 5.41) is 9.07. The fraction of sp³-hybridized carbons (Fsp3) is 0.250. The van der Waals surface area contributed by atoms with Gasteiger partial charge in [-0.15, -0.1) is 0 Å². The number of hydrogen-bond donors (Lipinski definition) is 1. The topological polar surface area (TPSA) is 20.2 Å². The van der Waals surface area contributed by atoms with Crippen LogP contribution in [0.4, 0.5) is 0 Å². The molecule has 1 aromatic carbocycles. The van der Waals surface area contributed by atoms with E-state index in [-0.39, 0.29) is 0 Å². The summed E-state index contributed by atoms with van der Waals surface area (Å²) in [5.74, 6) is 0.329. The Morgan fingerprint density at radius 1 is 1.44 bits per heavy atom. The molecule has 0 spiro atoms. The molecule has 1 heteroatoms. The van der Waals surface area contributed by atoms with Crippen molar-refractivity contribution in [3.63, 3.8) is 0 Å². The number of benzene rings is 1. The van der Waals surface area contributed by atoms with Crippen LogP contribution < -0.4 is 0 Å². The van der Waals surface area contributed by atoms with Crippen molar-refractivity contribution in [2.24, 2.45) is 0 Å². The van der Waals surface area contributed by atoms with Gasteiger partial charge in [-0.25, -0.2) is 0 Å². The van der Waals surface area contributed by atoms with Gasteiger partial charge in [-0.05, 0) is 37.1 Å². The molecule has 0 bridgehead atoms. The second-order valence-electron chi connectivity index (χ2n) is 2.19. The quantitative estimate of drug-likeness (QED) is 0.555. The Kier molecular flexibility index (Phi) is 1.43. The summed E-state index contributed by atoms with van der Waals surface area (Å²) in [5.41, 5.74) is 1.85. The highest BCUT2D eigenvalue weighted by atomic mass is 16.3. The Morgan fingerprint density at radius 3 is 2.56 bits per heavy atom. The van der Waals surface area contributed by atoms with Crippen LogP contribution in [0.2, 0.25) is 0 Å². The number of phenolic OH excluding ortho intramolecular Hbond substituents is 1. The van der Waals surface area contributed by atoms with Gasteiger partial charge in [0.1, 0.15) is 5.75 Å². The monoisotopic (exact) mass is 121 g/mol. The van der Waals surface area contributed by atoms with Crippen LogP contribution >= 0.6 is 0 Å². The number of aryl methyl sites for hydroxylation is 2. The second kappa shape index (κ2) is 2.09. The van der Waals surface area contributed by atoms with Crippen molar-refractivity contribution in [2.75, 3.05) is 0 Å². The van der Waals surface area contributed by atoms with Gasteiger partial charge in [-0.1, -0.05) is 6.07 Å². The van der Waals surface area contributed by atoms with E-state index >= 15 is 0 Å². The van der Waals surface area contributed by atoms with Crippen molar-refractivity contribution in [3.05, 3.63) is 29.3 Å². The molecule has 9 heavy (non-hydrogen) atoms. The number of rotatable bonds is 0. The first-order valence-electron chi connectivity index (χ1n) is 2.88. The van der Waals surface area contributed by atoms with E-state index in [1.54, 1.807) is 6.07 Å². The smallest absolute Gasteiger partial charge is 0.119 e. The highest BCUT2D eigenvalue weighted by molar-refractivity contribution is 5.33. The minimum atomic E-state index is 0.329. The lowest BCUT2D eigenvalue weighted by molar-refractivity contribution is 0.470. The summed E-state index contributed by atoms with van der Waals surface area (Å²) in [6.45, 7) is 3.75. The van der Waals surface area contributed by atoms with Gasteiger partial charge in [-0.3, -0.25) is 0 Å². The molecule has 0 aliphatic rings. The lowest BCUT2D eigenvalue weighted by Gasteiger charge is -1.96. The molecule has 0 aliphatic heterocycles. The molecule has 1 nitrogen and oxygen atoms in total. The third kappa shape index (κ3) is 1.22. The van der Waals surface area contributed by atoms with Gasteiger partial charge in [0, 0.05) is 0 Å². The zero-order chi connectivity index (χ0) is 6.85. The van der Waals surface area contributed by atoms with Crippen molar-refractivity contribution in [3.8, 4) is 5.75 Å². The average Bonchev–Trinajstić information content (AvgIpc) is 1.80. The molecule has 1 N–H and O–H groups in total. The van der Waals surface area contributed by atoms with Gasteiger partial charge in [0.15, 0.2) is 0 Å². The molecule has 47 valence electrons. The van der Waals surface area contributed by atoms with Gasteiger partial charge < -0.3 is 5.11 Å². The molecular weight excluding hydrogens is 112 g/mol. The average molecular weight is 121 g/mol. The van der Waals surface area contributed by atoms with Crippen molar-refractivity contribution in [1.82, 2.24) is 0 Å². The highest BCUT2D eigenvalue weighted by Gasteiger charge is 1.92. The van der Waals surface area contributed by atoms with Crippen LogP contribution in [0.5, 0.6) is 5.75 Å². The van der Waals surface area contributed by atoms with Crippen LogP contribution in [0, 0.1) is 19.9 Å². The zero-order valence-electron chi connectivity index (χ0n) is 5.60. The van der Waals surface area contributed by atoms with E-state index in [0.717, 1.165) is 11.1 Å². The number of hydrogen-bond acceptors (Lipinski definition) is 1. The maximum absolute atomic E-state index is 9.07. The fourth-order valence-electron chi connectivity index (χ4n) is 0.662. The third-order valence-electron chi connectivity index (χ3n) is 1.26. The predicted molar refractivity (Wildman–Crippen MR) is 36.4 cm³/mol. The molecule has 0 unspecified atom stereocenters. The molecule has 0 saturated heterocycles. The highest BCUT2D eigenvalue weighted by Crippen LogP contribution is 2.15. The van der Waals surface area contributed by atoms with Gasteiger partial charge in [0.2, 0.25) is 0 Å². The fourth-order valence-corrected chi connectivity index (χ4v) is 0.662. The van der Waals surface area contributed by atoms with Gasteiger partial charge in [0.05, 0.1) is 0 Å². The molecule has 0 heterocycles. The SMILES string of the molecule is Cc1c[c]c(C)c(O)c1. The van der Waals surface area contributed by atoms with Gasteiger partial charge in [-0.2, -0.15) is 0 Å². The summed E-state index contributed by atoms with van der Waals surface area (Å²) in [7, 11) is 0. The molecule has 0 aromatic heterocycles. The molecular formula is C8H9O. The normalized spacial score (nSPS) is 9.56. The lowest BCUT2D eigenvalue weighted by Crippen LogP contribution is -1.75. The standard InChI is InChI=1S/C8H9O/c1-6-3-4-7(2)8(9)5-6/h3,5,9H,1-2H3. The molecule has 0 saturated carbocycles. The summed E-state index contributed by atoms with van der Waals surface area (Å²) >= 11 is 0. The largest absolute Gasteiger partial charge is 0.508 e. The molecule has 1 rings (SSSR count). The Morgan fingerprint density at radius 2 is 2.11 bits per heavy atom. The Hall–Kier alpha value is -0.980. The van der Waals surface area contributed by atoms with E-state index in [0.29, 0.717) is 5.75 Å². The number of aromatic hydroxyl groups is 1. The Bertz CT molecular complexity index is 216. The Balaban J connectivity index is 3.17. The van der Waals surface area contributed by atoms with Crippen molar-refractivity contribution in [1.29, 1.82) is 0 Å². The minimum Gasteiger partial charge on any atom is -0.508 e. The minimum absolute atomic E-state index is 0.329. The second-order valence-corrected chi connectivity index (χ2v) is 2.19. The van der Waals surface area contributed by atoms with E-state index in [9.17, 15) is 0 Å². The van der Waals surface area contributed by atoms with Crippen molar-refractivity contribution < 1.29 is 5.11 Å². The Labute approximate surface area is 55.0 Å². The van der Waals surface area contributed by atoms with Gasteiger partial charge in [0.25, 0.3) is 0 Å². The third-order valence-corrected chi connectivity index (χ3v) is 1.26. The van der Waals surface area contributed by atoms with Crippen LogP contribution in [0.3, 0.4) is 0 Å². The van der Waals surface area contributed by atoms with Crippen molar-refractivity contribution in [2.45, 2.75) is 13.8 Å². The first kappa shape index (κ1) is 6.14. The van der Waals surface area contributed by atoms with Crippen LogP contribution in [0.1, 0.15) is 11.1 Å². The molecule has 0 fully saturated rings. The molecule has 1 radical (unpaired) electrons. The maximum Gasteiger partial charge on any atom is 0.119 e. The first-order valence-corrected chi connectivity index (χ1v) is 2.88. The molecule has 0 amide bonds. The molecule has 0 atom stereocenters. The molecule has 1 aromatic rings. The first-order chi connectivity index (χ1) is 4.20. The summed E-state index contributed by atoms with van der Waals surface area (Å²) in [6, 6.07) is 6.50. The van der Waals surface area contributed by atoms with Crippen molar-refractivity contribution >= 4 is 0 Å². The number of phenols is 1. The van der Waals surface area contributed by atoms with Crippen LogP contribution in [-0.2, 0) is 0 Å². The van der Waals surface area contributed by atoms with E-state index in [4.69, 9.17) is 5.11 Å². The van der Waals surface area contributed by atoms with E-state index in [1.807, 2.05) is 19.9 Å². The summed E-state index contributed by atoms with van der Waals surface area (Å²) < 4.78 is 0. The van der Waals surface area contributed by atoms with Crippen LogP contribution in [0.15, 0.2) is 12.1 Å². The summed E-state index contributed by atoms with van der Waals surface area (Å²) in [6.07, 6.45) is 0. The van der Waals surface area contributed by atoms with Crippen LogP contribution in [0.25, 0.3) is 0 Å².